The maximum atomic E-state index is 9.22. The zero-order chi connectivity index (χ0) is 113. The van der Waals surface area contributed by atoms with Crippen LogP contribution < -0.4 is 0 Å². The van der Waals surface area contributed by atoms with Crippen molar-refractivity contribution in [1.82, 2.24) is 32.0 Å². The third-order valence-corrected chi connectivity index (χ3v) is 27.4. The van der Waals surface area contributed by atoms with Crippen LogP contribution in [0.25, 0.3) is 259 Å². The average Bonchev–Trinajstić information content (AvgIpc) is 1.57. The number of para-hydroxylation sites is 10. The molecule has 0 atom stereocenters. The number of nitrogens with zero attached hydrogens (tertiary/aromatic N) is 7. The van der Waals surface area contributed by atoms with Crippen molar-refractivity contribution in [3.8, 4) is 107 Å². The molecule has 648 valence electrons. The van der Waals surface area contributed by atoms with E-state index in [0.717, 1.165) is 127 Å². The fourth-order valence-corrected chi connectivity index (χ4v) is 21.3. The number of rotatable bonds is 13. The highest BCUT2D eigenvalue weighted by atomic mass is 15.0. The predicted octanol–water partition coefficient (Wildman–Crippen LogP) is 35.1. The molecule has 7 nitrogen and oxygen atoms in total. The van der Waals surface area contributed by atoms with Crippen LogP contribution in [0.5, 0.6) is 0 Å². The Labute approximate surface area is 836 Å². The summed E-state index contributed by atoms with van der Waals surface area (Å²) in [5, 5.41) is 12.6. The molecule has 7 heterocycles. The molecule has 29 rings (SSSR count). The van der Waals surface area contributed by atoms with Gasteiger partial charge in [-0.25, -0.2) is 0 Å². The van der Waals surface area contributed by atoms with Gasteiger partial charge in [-0.05, 0) is 297 Å². The molecule has 0 aliphatic heterocycles. The first-order valence-electron chi connectivity index (χ1n) is 58.3. The molecule has 7 aromatic heterocycles. The Hall–Kier alpha value is -18.6. The fourth-order valence-electron chi connectivity index (χ4n) is 21.3. The third kappa shape index (κ3) is 12.9. The van der Waals surface area contributed by atoms with Crippen molar-refractivity contribution in [3.63, 3.8) is 0 Å². The standard InChI is InChI=1S/C72H46N4.C60H39N3/c1-5-17-53(18-6-1)73-65-27-15-13-25-57(65)59-41-47(29-35-67(59)73)49-31-37-69-61(43-49)63-45-51(33-39-71(63)75(69)55-21-9-3-10-22-55)52-34-40-72-64(46-52)62-44-50(32-38-70(62)76(72)56-23-11-4-12-24-56)48-30-36-68-60(42-48)58-26-14-16-28-66(58)74(68)54-19-7-2-8-20-54;1-4-14-40(15-5-1)41-24-30-48(31-25-41)63-59-34-28-44(42-26-32-57-51(36-42)49-20-10-12-22-55(49)61(57)46-16-6-2-7-17-46)38-53(59)54-39-45(29-35-60(54)63)43-27-33-58-52(37-43)50-21-11-13-23-56(50)62(58)47-18-8-3-9-19-47/h1-46H;1-39H/i1D,2D,3D,4D,5D,6D,7D,8D,9D,10D,11D,12D,17D,18D,19D,20D,21D,22D,23D,24D;1D,4D,5D,14D,15D. The Balaban J connectivity index is 0.000000162. The summed E-state index contributed by atoms with van der Waals surface area (Å²) in [5.74, 6) is 0. The highest BCUT2D eigenvalue weighted by Gasteiger charge is 2.25. The molecule has 0 spiro atoms. The van der Waals surface area contributed by atoms with Gasteiger partial charge in [0.25, 0.3) is 0 Å². The van der Waals surface area contributed by atoms with E-state index >= 15 is 0 Å². The summed E-state index contributed by atoms with van der Waals surface area (Å²) in [7, 11) is 0. The van der Waals surface area contributed by atoms with Gasteiger partial charge in [-0.3, -0.25) is 0 Å². The second kappa shape index (κ2) is 32.1. The fraction of sp³-hybridized carbons (Fsp3) is 0. The van der Waals surface area contributed by atoms with Gasteiger partial charge in [0.05, 0.1) is 112 Å². The molecule has 139 heavy (non-hydrogen) atoms. The Morgan fingerprint density at radius 3 is 0.482 bits per heavy atom. The second-order valence-corrected chi connectivity index (χ2v) is 34.8. The number of hydrogen-bond donors (Lipinski definition) is 0. The van der Waals surface area contributed by atoms with E-state index in [1.54, 1.807) is 18.3 Å². The third-order valence-electron chi connectivity index (χ3n) is 27.4. The zero-order valence-electron chi connectivity index (χ0n) is 98.8. The second-order valence-electron chi connectivity index (χ2n) is 34.8. The number of benzene rings is 22. The van der Waals surface area contributed by atoms with E-state index in [1.807, 2.05) is 182 Å². The van der Waals surface area contributed by atoms with Crippen molar-refractivity contribution in [2.24, 2.45) is 0 Å². The van der Waals surface area contributed by atoms with Gasteiger partial charge in [-0.1, -0.05) is 285 Å². The van der Waals surface area contributed by atoms with Crippen molar-refractivity contribution in [2.45, 2.75) is 0 Å². The van der Waals surface area contributed by atoms with Crippen LogP contribution >= 0.6 is 0 Å². The summed E-state index contributed by atoms with van der Waals surface area (Å²) in [6, 6.07) is 112. The van der Waals surface area contributed by atoms with Crippen LogP contribution in [0.15, 0.2) is 515 Å². The van der Waals surface area contributed by atoms with E-state index in [1.165, 1.54) is 21.5 Å². The molecule has 0 bridgehead atoms. The average molecular weight is 1790 g/mol. The lowest BCUT2D eigenvalue weighted by Crippen LogP contribution is -1.94. The number of aromatic nitrogens is 7. The van der Waals surface area contributed by atoms with Gasteiger partial charge in [0.1, 0.15) is 0 Å². The van der Waals surface area contributed by atoms with Gasteiger partial charge in [0, 0.05) is 115 Å². The van der Waals surface area contributed by atoms with Crippen molar-refractivity contribution >= 4 is 153 Å². The summed E-state index contributed by atoms with van der Waals surface area (Å²) in [6.07, 6.45) is 0. The molecule has 0 amide bonds. The molecule has 0 fully saturated rings. The minimum absolute atomic E-state index is 0.0109. The van der Waals surface area contributed by atoms with Gasteiger partial charge in [-0.2, -0.15) is 0 Å². The van der Waals surface area contributed by atoms with Crippen molar-refractivity contribution in [3.05, 3.63) is 515 Å². The molecular weight excluding hydrogens is 1680 g/mol. The maximum Gasteiger partial charge on any atom is 0.0645 e. The van der Waals surface area contributed by atoms with Gasteiger partial charge in [0.2, 0.25) is 0 Å². The SMILES string of the molecule is [2H]c1c([2H])c([2H])c(-c2ccc(-n3c4ccc(-c5ccc6c(c5)c5ccccc5n6-c5ccccc5)cc4c4cc(-c5ccc6c(c5)c5ccccc5n6-c5ccccc5)ccc43)cc2)c([2H])c1[2H].[2H]c1c([2H])c([2H])c(-n2c3ccccc3c3cc(-c4ccc5c(c4)c4cc(-c6ccc7c(c6)c6cc(-c8ccc9c(c8)c8ccccc8n9-c8c([2H])c([2H])c([2H])c([2H])c8[2H])ccc6n7-c6c([2H])c([2H])c([2H])c([2H])c6[2H])ccc4n5-c4c([2H])c([2H])c([2H])c([2H])c4[2H])ccc32)c([2H])c1[2H]. The van der Waals surface area contributed by atoms with Gasteiger partial charge < -0.3 is 32.0 Å². The number of fused-ring (bicyclic) bond motifs is 21. The first kappa shape index (κ1) is 57.8. The topological polar surface area (TPSA) is 34.5 Å². The highest BCUT2D eigenvalue weighted by Crippen LogP contribution is 2.47. The van der Waals surface area contributed by atoms with Crippen LogP contribution in [0.4, 0.5) is 0 Å². The summed E-state index contributed by atoms with van der Waals surface area (Å²) in [4.78, 5) is 0. The van der Waals surface area contributed by atoms with E-state index in [4.69, 9.17) is 28.8 Å². The van der Waals surface area contributed by atoms with E-state index in [0.29, 0.717) is 82.4 Å². The molecule has 0 saturated carbocycles. The lowest BCUT2D eigenvalue weighted by Gasteiger charge is -2.11. The van der Waals surface area contributed by atoms with E-state index in [-0.39, 0.29) is 76.7 Å². The monoisotopic (exact) mass is 1790 g/mol. The normalized spacial score (nSPS) is 14.4. The molecule has 7 heteroatoms. The van der Waals surface area contributed by atoms with E-state index in [2.05, 4.69) is 196 Å². The van der Waals surface area contributed by atoms with Gasteiger partial charge >= 0.3 is 0 Å². The summed E-state index contributed by atoms with van der Waals surface area (Å²) in [6.45, 7) is 0. The van der Waals surface area contributed by atoms with Crippen molar-refractivity contribution in [2.75, 3.05) is 0 Å². The zero-order valence-corrected chi connectivity index (χ0v) is 73.8. The quantitative estimate of drug-likeness (QED) is 0.110. The van der Waals surface area contributed by atoms with Gasteiger partial charge in [-0.15, -0.1) is 0 Å². The summed E-state index contributed by atoms with van der Waals surface area (Å²) >= 11 is 0. The lowest BCUT2D eigenvalue weighted by atomic mass is 9.98. The largest absolute Gasteiger partial charge is 0.309 e. The van der Waals surface area contributed by atoms with Crippen molar-refractivity contribution in [1.29, 1.82) is 0 Å². The Kier molecular flexibility index (Phi) is 13.3. The molecular formula is C132H85N7. The van der Waals surface area contributed by atoms with Crippen LogP contribution in [-0.2, 0) is 0 Å². The molecule has 0 N–H and O–H groups in total. The van der Waals surface area contributed by atoms with Crippen molar-refractivity contribution < 1.29 is 34.3 Å². The van der Waals surface area contributed by atoms with E-state index in [9.17, 15) is 5.48 Å². The van der Waals surface area contributed by atoms with Crippen LogP contribution in [0.1, 0.15) is 34.3 Å². The predicted molar refractivity (Wildman–Crippen MR) is 586 cm³/mol. The molecule has 0 unspecified atom stereocenters. The molecule has 0 radical (unpaired) electrons. The van der Waals surface area contributed by atoms with Crippen LogP contribution in [0.2, 0.25) is 0 Å². The molecule has 0 aliphatic carbocycles. The van der Waals surface area contributed by atoms with Crippen LogP contribution in [0, 0.1) is 0 Å². The Bertz CT molecular complexity index is 11000. The summed E-state index contributed by atoms with van der Waals surface area (Å²) < 4.78 is 231. The lowest BCUT2D eigenvalue weighted by molar-refractivity contribution is 1.18. The highest BCUT2D eigenvalue weighted by molar-refractivity contribution is 6.19. The maximum absolute atomic E-state index is 9.22. The Morgan fingerprint density at radius 1 is 0.108 bits per heavy atom. The van der Waals surface area contributed by atoms with Crippen LogP contribution in [-0.4, -0.2) is 32.0 Å². The minimum Gasteiger partial charge on any atom is -0.309 e. The molecule has 0 saturated heterocycles. The first-order valence-corrected chi connectivity index (χ1v) is 45.8. The minimum atomic E-state index is -0.544. The van der Waals surface area contributed by atoms with E-state index < -0.39 is 103 Å². The smallest absolute Gasteiger partial charge is 0.0645 e. The Morgan fingerprint density at radius 2 is 0.266 bits per heavy atom. The summed E-state index contributed by atoms with van der Waals surface area (Å²) in [5.41, 5.74) is 23.9. The molecule has 0 aliphatic rings. The number of hydrogen-bond acceptors (Lipinski definition) is 0. The first-order chi connectivity index (χ1) is 79.3. The molecule has 29 aromatic rings. The van der Waals surface area contributed by atoms with Gasteiger partial charge in [0.15, 0.2) is 0 Å². The van der Waals surface area contributed by atoms with Crippen LogP contribution in [0.3, 0.4) is 0 Å². The molecule has 22 aromatic carbocycles.